The number of piperidine rings is 1. The molecular formula is C19H28N2O2. The summed E-state index contributed by atoms with van der Waals surface area (Å²) in [6.45, 7) is 3.95. The van der Waals surface area contributed by atoms with E-state index in [2.05, 4.69) is 10.2 Å². The second-order valence-corrected chi connectivity index (χ2v) is 7.07. The SMILES string of the molecule is Cc1cccc(C(=O)NC2CCN(C3CCCCC3O)CC2)c1. The molecule has 0 aromatic heterocycles. The Morgan fingerprint density at radius 2 is 1.91 bits per heavy atom. The Hall–Kier alpha value is -1.39. The van der Waals surface area contributed by atoms with Gasteiger partial charge in [-0.2, -0.15) is 0 Å². The van der Waals surface area contributed by atoms with Gasteiger partial charge in [0, 0.05) is 30.7 Å². The number of nitrogens with zero attached hydrogens (tertiary/aromatic N) is 1. The Morgan fingerprint density at radius 3 is 2.61 bits per heavy atom. The fourth-order valence-corrected chi connectivity index (χ4v) is 3.95. The molecule has 4 nitrogen and oxygen atoms in total. The van der Waals surface area contributed by atoms with Crippen molar-refractivity contribution < 1.29 is 9.90 Å². The Morgan fingerprint density at radius 1 is 1.17 bits per heavy atom. The predicted octanol–water partition coefficient (Wildman–Crippen LogP) is 2.49. The van der Waals surface area contributed by atoms with E-state index < -0.39 is 0 Å². The van der Waals surface area contributed by atoms with Crippen molar-refractivity contribution in [2.75, 3.05) is 13.1 Å². The van der Waals surface area contributed by atoms with Crippen molar-refractivity contribution in [1.82, 2.24) is 10.2 Å². The highest BCUT2D eigenvalue weighted by Crippen LogP contribution is 2.26. The van der Waals surface area contributed by atoms with E-state index >= 15 is 0 Å². The number of aliphatic hydroxyl groups excluding tert-OH is 1. The molecule has 2 fully saturated rings. The van der Waals surface area contributed by atoms with Gasteiger partial charge in [-0.3, -0.25) is 9.69 Å². The van der Waals surface area contributed by atoms with Crippen LogP contribution in [0.25, 0.3) is 0 Å². The lowest BCUT2D eigenvalue weighted by atomic mass is 9.89. The van der Waals surface area contributed by atoms with Crippen molar-refractivity contribution in [3.05, 3.63) is 35.4 Å². The average molecular weight is 316 g/mol. The quantitative estimate of drug-likeness (QED) is 0.901. The van der Waals surface area contributed by atoms with Gasteiger partial charge in [0.05, 0.1) is 6.10 Å². The van der Waals surface area contributed by atoms with E-state index in [1.165, 1.54) is 6.42 Å². The highest BCUT2D eigenvalue weighted by molar-refractivity contribution is 5.94. The van der Waals surface area contributed by atoms with Gasteiger partial charge >= 0.3 is 0 Å². The number of carbonyl (C=O) groups excluding carboxylic acids is 1. The molecule has 1 aliphatic carbocycles. The first-order valence-electron chi connectivity index (χ1n) is 8.93. The van der Waals surface area contributed by atoms with Crippen LogP contribution in [0.3, 0.4) is 0 Å². The first-order chi connectivity index (χ1) is 11.1. The average Bonchev–Trinajstić information content (AvgIpc) is 2.56. The topological polar surface area (TPSA) is 52.6 Å². The molecule has 0 bridgehead atoms. The Bertz CT molecular complexity index is 538. The van der Waals surface area contributed by atoms with E-state index in [-0.39, 0.29) is 18.1 Å². The third-order valence-electron chi connectivity index (χ3n) is 5.31. The number of aliphatic hydroxyl groups is 1. The molecule has 2 unspecified atom stereocenters. The number of likely N-dealkylation sites (tertiary alicyclic amines) is 1. The van der Waals surface area contributed by atoms with Gasteiger partial charge in [-0.1, -0.05) is 30.5 Å². The Labute approximate surface area is 138 Å². The third-order valence-corrected chi connectivity index (χ3v) is 5.31. The normalized spacial score (nSPS) is 26.9. The van der Waals surface area contributed by atoms with Crippen molar-refractivity contribution in [2.24, 2.45) is 0 Å². The molecule has 4 heteroatoms. The summed E-state index contributed by atoms with van der Waals surface area (Å²) in [5.74, 6) is 0.0323. The first-order valence-corrected chi connectivity index (χ1v) is 8.93. The summed E-state index contributed by atoms with van der Waals surface area (Å²) >= 11 is 0. The molecule has 2 atom stereocenters. The van der Waals surface area contributed by atoms with E-state index in [1.807, 2.05) is 31.2 Å². The van der Waals surface area contributed by atoms with Crippen LogP contribution in [0.15, 0.2) is 24.3 Å². The molecular weight excluding hydrogens is 288 g/mol. The second kappa shape index (κ2) is 7.45. The van der Waals surface area contributed by atoms with Crippen molar-refractivity contribution in [1.29, 1.82) is 0 Å². The van der Waals surface area contributed by atoms with Crippen LogP contribution in [0.4, 0.5) is 0 Å². The third kappa shape index (κ3) is 4.12. The molecule has 1 heterocycles. The molecule has 23 heavy (non-hydrogen) atoms. The van der Waals surface area contributed by atoms with Gasteiger partial charge in [0.1, 0.15) is 0 Å². The van der Waals surface area contributed by atoms with Crippen LogP contribution >= 0.6 is 0 Å². The fraction of sp³-hybridized carbons (Fsp3) is 0.632. The molecule has 1 aromatic carbocycles. The van der Waals surface area contributed by atoms with E-state index in [9.17, 15) is 9.90 Å². The molecule has 1 saturated heterocycles. The monoisotopic (exact) mass is 316 g/mol. The van der Waals surface area contributed by atoms with Gasteiger partial charge in [-0.25, -0.2) is 0 Å². The number of benzene rings is 1. The van der Waals surface area contributed by atoms with E-state index in [4.69, 9.17) is 0 Å². The molecule has 1 saturated carbocycles. The molecule has 0 spiro atoms. The number of amides is 1. The summed E-state index contributed by atoms with van der Waals surface area (Å²) in [5, 5.41) is 13.4. The largest absolute Gasteiger partial charge is 0.391 e. The van der Waals surface area contributed by atoms with Crippen LogP contribution in [0.1, 0.15) is 54.4 Å². The van der Waals surface area contributed by atoms with Crippen molar-refractivity contribution >= 4 is 5.91 Å². The maximum atomic E-state index is 12.3. The Balaban J connectivity index is 1.50. The number of aryl methyl sites for hydroxylation is 1. The molecule has 2 N–H and O–H groups in total. The lowest BCUT2D eigenvalue weighted by Crippen LogP contribution is -2.52. The summed E-state index contributed by atoms with van der Waals surface area (Å²) in [5.41, 5.74) is 1.86. The maximum absolute atomic E-state index is 12.3. The minimum atomic E-state index is -0.165. The molecule has 1 amide bonds. The predicted molar refractivity (Wildman–Crippen MR) is 91.5 cm³/mol. The first kappa shape index (κ1) is 16.5. The van der Waals surface area contributed by atoms with Crippen molar-refractivity contribution in [3.8, 4) is 0 Å². The van der Waals surface area contributed by atoms with Crippen LogP contribution in [-0.4, -0.2) is 47.2 Å². The molecule has 1 aliphatic heterocycles. The number of hydrogen-bond donors (Lipinski definition) is 2. The Kier molecular flexibility index (Phi) is 5.34. The van der Waals surface area contributed by atoms with Crippen LogP contribution in [0.2, 0.25) is 0 Å². The summed E-state index contributed by atoms with van der Waals surface area (Å²) in [4.78, 5) is 14.8. The van der Waals surface area contributed by atoms with Crippen LogP contribution in [-0.2, 0) is 0 Å². The highest BCUT2D eigenvalue weighted by atomic mass is 16.3. The van der Waals surface area contributed by atoms with Crippen molar-refractivity contribution in [2.45, 2.75) is 63.6 Å². The highest BCUT2D eigenvalue weighted by Gasteiger charge is 2.31. The maximum Gasteiger partial charge on any atom is 0.251 e. The van der Waals surface area contributed by atoms with Gasteiger partial charge in [0.25, 0.3) is 5.91 Å². The van der Waals surface area contributed by atoms with Gasteiger partial charge in [-0.05, 0) is 44.7 Å². The minimum Gasteiger partial charge on any atom is -0.391 e. The molecule has 126 valence electrons. The zero-order chi connectivity index (χ0) is 16.2. The molecule has 0 radical (unpaired) electrons. The zero-order valence-corrected chi connectivity index (χ0v) is 14.0. The zero-order valence-electron chi connectivity index (χ0n) is 14.0. The number of nitrogens with one attached hydrogen (secondary N) is 1. The number of rotatable bonds is 3. The van der Waals surface area contributed by atoms with Gasteiger partial charge < -0.3 is 10.4 Å². The van der Waals surface area contributed by atoms with Gasteiger partial charge in [0.2, 0.25) is 0 Å². The minimum absolute atomic E-state index is 0.0323. The summed E-state index contributed by atoms with van der Waals surface area (Å²) in [6, 6.07) is 8.32. The van der Waals surface area contributed by atoms with Gasteiger partial charge in [-0.15, -0.1) is 0 Å². The summed E-state index contributed by atoms with van der Waals surface area (Å²) < 4.78 is 0. The summed E-state index contributed by atoms with van der Waals surface area (Å²) in [6.07, 6.45) is 6.21. The fourth-order valence-electron chi connectivity index (χ4n) is 3.95. The van der Waals surface area contributed by atoms with E-state index in [0.29, 0.717) is 6.04 Å². The lowest BCUT2D eigenvalue weighted by molar-refractivity contribution is 0.00727. The standard InChI is InChI=1S/C19H28N2O2/c1-14-5-4-6-15(13-14)19(23)20-16-9-11-21(12-10-16)17-7-2-3-8-18(17)22/h4-6,13,16-18,22H,2-3,7-12H2,1H3,(H,20,23). The van der Waals surface area contributed by atoms with Crippen LogP contribution in [0.5, 0.6) is 0 Å². The second-order valence-electron chi connectivity index (χ2n) is 7.07. The number of hydrogen-bond acceptors (Lipinski definition) is 3. The molecule has 2 aliphatic rings. The van der Waals surface area contributed by atoms with Crippen molar-refractivity contribution in [3.63, 3.8) is 0 Å². The smallest absolute Gasteiger partial charge is 0.251 e. The summed E-state index contributed by atoms with van der Waals surface area (Å²) in [7, 11) is 0. The van der Waals surface area contributed by atoms with E-state index in [0.717, 1.165) is 56.3 Å². The van der Waals surface area contributed by atoms with Crippen LogP contribution in [0, 0.1) is 6.92 Å². The lowest BCUT2D eigenvalue weighted by Gasteiger charge is -2.41. The number of carbonyl (C=O) groups is 1. The molecule has 1 aromatic rings. The van der Waals surface area contributed by atoms with E-state index in [1.54, 1.807) is 0 Å². The van der Waals surface area contributed by atoms with Gasteiger partial charge in [0.15, 0.2) is 0 Å². The van der Waals surface area contributed by atoms with Crippen LogP contribution < -0.4 is 5.32 Å². The molecule has 3 rings (SSSR count).